The van der Waals surface area contributed by atoms with E-state index in [2.05, 4.69) is 55.4 Å². The number of hydrogen-bond acceptors (Lipinski definition) is 15. The lowest BCUT2D eigenvalue weighted by molar-refractivity contribution is -0.161. The predicted molar refractivity (Wildman–Crippen MR) is 372 cm³/mol. The molecule has 0 bridgehead atoms. The predicted octanol–water partition coefficient (Wildman–Crippen LogP) is 20.9. The number of carbonyl (C=O) groups is 4. The molecule has 3 unspecified atom stereocenters. The maximum absolute atomic E-state index is 13.1. The molecule has 6 atom stereocenters. The van der Waals surface area contributed by atoms with Crippen molar-refractivity contribution < 1.29 is 80.2 Å². The third kappa shape index (κ3) is 65.4. The first kappa shape index (κ1) is 90.1. The molecule has 546 valence electrons. The highest BCUT2D eigenvalue weighted by Gasteiger charge is 2.30. The fraction of sp³-hybridized carbons (Fsp3) is 0.945. The second-order valence-corrected chi connectivity index (χ2v) is 30.9. The maximum atomic E-state index is 13.1. The van der Waals surface area contributed by atoms with Gasteiger partial charge in [-0.1, -0.05) is 312 Å². The molecule has 0 rings (SSSR count). The van der Waals surface area contributed by atoms with E-state index in [1.165, 1.54) is 161 Å². The van der Waals surface area contributed by atoms with Gasteiger partial charge in [-0.15, -0.1) is 0 Å². The molecular formula is C73H142O17P2. The van der Waals surface area contributed by atoms with Crippen molar-refractivity contribution in [3.05, 3.63) is 0 Å². The van der Waals surface area contributed by atoms with Crippen LogP contribution < -0.4 is 0 Å². The number of aliphatic hydroxyl groups is 1. The quantitative estimate of drug-likeness (QED) is 0.0222. The highest BCUT2D eigenvalue weighted by Crippen LogP contribution is 2.45. The third-order valence-electron chi connectivity index (χ3n) is 17.2. The summed E-state index contributed by atoms with van der Waals surface area (Å²) >= 11 is 0. The summed E-state index contributed by atoms with van der Waals surface area (Å²) in [6.45, 7) is 14.1. The molecule has 0 saturated heterocycles. The molecule has 17 nitrogen and oxygen atoms in total. The number of phosphoric ester groups is 2. The van der Waals surface area contributed by atoms with E-state index < -0.39 is 97.5 Å². The summed E-state index contributed by atoms with van der Waals surface area (Å²) < 4.78 is 68.4. The van der Waals surface area contributed by atoms with Gasteiger partial charge in [0, 0.05) is 25.7 Å². The highest BCUT2D eigenvalue weighted by atomic mass is 31.2. The molecule has 0 saturated carbocycles. The summed E-state index contributed by atoms with van der Waals surface area (Å²) in [6, 6.07) is 0. The number of ether oxygens (including phenoxy) is 4. The Morgan fingerprint density at radius 2 is 0.522 bits per heavy atom. The van der Waals surface area contributed by atoms with E-state index in [1.54, 1.807) is 0 Å². The monoisotopic (exact) mass is 1350 g/mol. The summed E-state index contributed by atoms with van der Waals surface area (Å²) in [6.07, 6.45) is 46.0. The standard InChI is InChI=1S/C73H142O17P2/c1-9-66(8)52-44-36-31-32-38-46-54-71(76)84-60-69(90-73(78)56-48-40-30-24-27-35-43-51-65(6)7)62-88-92(81,82)86-58-67(74)57-85-91(79,80)87-61-68(59-83-70(75)53-45-37-28-22-19-15-17-21-26-34-42-50-64(4)5)89-72(77)55-47-39-29-23-18-14-12-10-11-13-16-20-25-33-41-49-63(2)3/h63-69,74H,9-62H2,1-8H3,(H,79,80)(H,81,82)/t66?,67-,68-,69-/m1/s1. The Kier molecular flexibility index (Phi) is 61.3. The van der Waals surface area contributed by atoms with Gasteiger partial charge in [-0.05, 0) is 49.4 Å². The minimum absolute atomic E-state index is 0.102. The van der Waals surface area contributed by atoms with Crippen LogP contribution in [0, 0.1) is 23.7 Å². The Labute approximate surface area is 562 Å². The summed E-state index contributed by atoms with van der Waals surface area (Å²) in [7, 11) is -9.91. The molecule has 0 aromatic heterocycles. The summed E-state index contributed by atoms with van der Waals surface area (Å²) in [4.78, 5) is 72.6. The molecule has 0 aliphatic rings. The largest absolute Gasteiger partial charge is 0.472 e. The van der Waals surface area contributed by atoms with Gasteiger partial charge in [0.25, 0.3) is 0 Å². The number of phosphoric acid groups is 2. The Morgan fingerprint density at radius 3 is 0.772 bits per heavy atom. The lowest BCUT2D eigenvalue weighted by atomic mass is 10.00. The highest BCUT2D eigenvalue weighted by molar-refractivity contribution is 7.47. The molecule has 92 heavy (non-hydrogen) atoms. The smallest absolute Gasteiger partial charge is 0.462 e. The molecule has 0 aromatic carbocycles. The zero-order chi connectivity index (χ0) is 68.2. The number of rotatable bonds is 70. The van der Waals surface area contributed by atoms with Crippen molar-refractivity contribution >= 4 is 39.5 Å². The van der Waals surface area contributed by atoms with Crippen LogP contribution in [0.15, 0.2) is 0 Å². The minimum atomic E-state index is -4.96. The Hall–Kier alpha value is -1.94. The van der Waals surface area contributed by atoms with Crippen LogP contribution in [0.2, 0.25) is 0 Å². The van der Waals surface area contributed by atoms with Crippen molar-refractivity contribution in [2.24, 2.45) is 23.7 Å². The second-order valence-electron chi connectivity index (χ2n) is 28.0. The number of aliphatic hydroxyl groups excluding tert-OH is 1. The van der Waals surface area contributed by atoms with Gasteiger partial charge in [0.2, 0.25) is 0 Å². The van der Waals surface area contributed by atoms with Crippen LogP contribution in [-0.4, -0.2) is 96.7 Å². The van der Waals surface area contributed by atoms with Crippen molar-refractivity contribution in [2.45, 2.75) is 382 Å². The molecule has 0 spiro atoms. The van der Waals surface area contributed by atoms with Crippen molar-refractivity contribution in [2.75, 3.05) is 39.6 Å². The van der Waals surface area contributed by atoms with E-state index >= 15 is 0 Å². The van der Waals surface area contributed by atoms with Gasteiger partial charge in [0.1, 0.15) is 19.3 Å². The van der Waals surface area contributed by atoms with E-state index in [9.17, 15) is 43.2 Å². The first-order valence-corrected chi connectivity index (χ1v) is 40.7. The number of unbranched alkanes of at least 4 members (excludes halogenated alkanes) is 35. The average molecular weight is 1350 g/mol. The molecule has 19 heteroatoms. The van der Waals surface area contributed by atoms with Crippen LogP contribution in [0.3, 0.4) is 0 Å². The summed E-state index contributed by atoms with van der Waals surface area (Å²) in [5.74, 6) is 0.872. The van der Waals surface area contributed by atoms with Crippen LogP contribution in [0.5, 0.6) is 0 Å². The van der Waals surface area contributed by atoms with Gasteiger partial charge in [-0.3, -0.25) is 37.3 Å². The van der Waals surface area contributed by atoms with E-state index in [-0.39, 0.29) is 25.7 Å². The summed E-state index contributed by atoms with van der Waals surface area (Å²) in [5, 5.41) is 10.6. The van der Waals surface area contributed by atoms with Gasteiger partial charge < -0.3 is 33.8 Å². The first-order valence-electron chi connectivity index (χ1n) is 37.7. The zero-order valence-corrected chi connectivity index (χ0v) is 62.0. The topological polar surface area (TPSA) is 237 Å². The van der Waals surface area contributed by atoms with Crippen LogP contribution in [0.4, 0.5) is 0 Å². The summed E-state index contributed by atoms with van der Waals surface area (Å²) in [5.41, 5.74) is 0. The molecule has 0 heterocycles. The van der Waals surface area contributed by atoms with Crippen molar-refractivity contribution in [3.8, 4) is 0 Å². The Bertz CT molecular complexity index is 1820. The minimum Gasteiger partial charge on any atom is -0.462 e. The van der Waals surface area contributed by atoms with E-state index in [1.807, 2.05) is 0 Å². The molecule has 3 N–H and O–H groups in total. The van der Waals surface area contributed by atoms with E-state index in [0.29, 0.717) is 31.6 Å². The van der Waals surface area contributed by atoms with Gasteiger partial charge >= 0.3 is 39.5 Å². The van der Waals surface area contributed by atoms with Gasteiger partial charge in [0.05, 0.1) is 26.4 Å². The van der Waals surface area contributed by atoms with Gasteiger partial charge in [-0.25, -0.2) is 9.13 Å². The van der Waals surface area contributed by atoms with Crippen molar-refractivity contribution in [1.82, 2.24) is 0 Å². The molecule has 0 amide bonds. The Morgan fingerprint density at radius 1 is 0.304 bits per heavy atom. The molecule has 0 radical (unpaired) electrons. The second kappa shape index (κ2) is 62.6. The van der Waals surface area contributed by atoms with Gasteiger partial charge in [-0.2, -0.15) is 0 Å². The van der Waals surface area contributed by atoms with Crippen LogP contribution in [0.25, 0.3) is 0 Å². The average Bonchev–Trinajstić information content (AvgIpc) is 1.45. The molecular weight excluding hydrogens is 1210 g/mol. The number of hydrogen-bond donors (Lipinski definition) is 3. The fourth-order valence-electron chi connectivity index (χ4n) is 11.0. The number of carbonyl (C=O) groups excluding carboxylic acids is 4. The first-order chi connectivity index (χ1) is 44.1. The van der Waals surface area contributed by atoms with E-state index in [4.69, 9.17) is 37.0 Å². The Balaban J connectivity index is 5.24. The maximum Gasteiger partial charge on any atom is 0.472 e. The fourth-order valence-corrected chi connectivity index (χ4v) is 12.6. The van der Waals surface area contributed by atoms with E-state index in [0.717, 1.165) is 114 Å². The van der Waals surface area contributed by atoms with Crippen LogP contribution in [-0.2, 0) is 65.4 Å². The molecule has 0 aliphatic carbocycles. The lowest BCUT2D eigenvalue weighted by Gasteiger charge is -2.21. The van der Waals surface area contributed by atoms with Crippen molar-refractivity contribution in [3.63, 3.8) is 0 Å². The van der Waals surface area contributed by atoms with Gasteiger partial charge in [0.15, 0.2) is 12.2 Å². The van der Waals surface area contributed by atoms with Crippen molar-refractivity contribution in [1.29, 1.82) is 0 Å². The molecule has 0 aliphatic heterocycles. The normalized spacial score (nSPS) is 14.5. The zero-order valence-electron chi connectivity index (χ0n) is 60.2. The SMILES string of the molecule is CCC(C)CCCCCCCCC(=O)OC[C@H](COP(=O)(O)OC[C@H](O)COP(=O)(O)OC[C@@H](COC(=O)CCCCCCCCCCCCCC(C)C)OC(=O)CCCCCCCCCCCCCCCCCC(C)C)OC(=O)CCCCCCCCCC(C)C. The van der Waals surface area contributed by atoms with Crippen LogP contribution >= 0.6 is 15.6 Å². The third-order valence-corrected chi connectivity index (χ3v) is 19.1. The lowest BCUT2D eigenvalue weighted by Crippen LogP contribution is -2.30. The molecule has 0 aromatic rings. The molecule has 0 fully saturated rings. The number of esters is 4. The van der Waals surface area contributed by atoms with Crippen LogP contribution in [0.1, 0.15) is 364 Å².